The van der Waals surface area contributed by atoms with Crippen LogP contribution >= 0.6 is 15.9 Å². The van der Waals surface area contributed by atoms with Crippen LogP contribution in [0.5, 0.6) is 0 Å². The van der Waals surface area contributed by atoms with Crippen LogP contribution < -0.4 is 5.32 Å². The van der Waals surface area contributed by atoms with Crippen LogP contribution in [0, 0.1) is 5.82 Å². The molecule has 0 aliphatic rings. The molecule has 0 fully saturated rings. The third-order valence-corrected chi connectivity index (χ3v) is 3.48. The Bertz CT molecular complexity index is 614. The fourth-order valence-electron chi connectivity index (χ4n) is 1.68. The molecule has 2 aromatic rings. The van der Waals surface area contributed by atoms with Gasteiger partial charge in [-0.2, -0.15) is 0 Å². The van der Waals surface area contributed by atoms with Gasteiger partial charge in [0.2, 0.25) is 0 Å². The van der Waals surface area contributed by atoms with Gasteiger partial charge in [0.05, 0.1) is 11.1 Å². The summed E-state index contributed by atoms with van der Waals surface area (Å²) in [6.45, 7) is 0.340. The van der Waals surface area contributed by atoms with Crippen molar-refractivity contribution in [3.8, 4) is 0 Å². The van der Waals surface area contributed by atoms with Crippen molar-refractivity contribution in [2.75, 3.05) is 0 Å². The van der Waals surface area contributed by atoms with E-state index in [2.05, 4.69) is 21.2 Å². The number of rotatable bonds is 4. The van der Waals surface area contributed by atoms with Gasteiger partial charge in [-0.25, -0.2) is 4.39 Å². The van der Waals surface area contributed by atoms with Crippen LogP contribution in [0.4, 0.5) is 4.39 Å². The second kappa shape index (κ2) is 6.63. The molecule has 5 heteroatoms. The first kappa shape index (κ1) is 14.7. The van der Waals surface area contributed by atoms with E-state index in [0.29, 0.717) is 11.0 Å². The molecule has 0 aliphatic carbocycles. The van der Waals surface area contributed by atoms with Crippen molar-refractivity contribution in [1.82, 2.24) is 5.32 Å². The molecule has 104 valence electrons. The summed E-state index contributed by atoms with van der Waals surface area (Å²) in [6, 6.07) is 11.5. The number of aliphatic hydroxyl groups is 1. The van der Waals surface area contributed by atoms with Gasteiger partial charge < -0.3 is 10.4 Å². The molecule has 0 unspecified atom stereocenters. The Morgan fingerprint density at radius 1 is 1.15 bits per heavy atom. The summed E-state index contributed by atoms with van der Waals surface area (Å²) in [6.07, 6.45) is 0. The van der Waals surface area contributed by atoms with E-state index in [0.717, 1.165) is 11.1 Å². The Morgan fingerprint density at radius 3 is 2.40 bits per heavy atom. The highest BCUT2D eigenvalue weighted by Crippen LogP contribution is 2.16. The molecule has 3 nitrogen and oxygen atoms in total. The predicted octanol–water partition coefficient (Wildman–Crippen LogP) is 3.01. The minimum atomic E-state index is -0.468. The second-order valence-electron chi connectivity index (χ2n) is 4.29. The summed E-state index contributed by atoms with van der Waals surface area (Å²) in [4.78, 5) is 11.9. The van der Waals surface area contributed by atoms with Crippen molar-refractivity contribution in [2.24, 2.45) is 0 Å². The number of nitrogens with one attached hydrogen (secondary N) is 1. The van der Waals surface area contributed by atoms with Gasteiger partial charge in [0.25, 0.3) is 5.91 Å². The Balaban J connectivity index is 1.98. The molecule has 2 rings (SSSR count). The van der Waals surface area contributed by atoms with E-state index >= 15 is 0 Å². The quantitative estimate of drug-likeness (QED) is 0.900. The van der Waals surface area contributed by atoms with Gasteiger partial charge in [-0.05, 0) is 45.3 Å². The minimum absolute atomic E-state index is 0.00912. The van der Waals surface area contributed by atoms with E-state index in [9.17, 15) is 9.18 Å². The van der Waals surface area contributed by atoms with Crippen LogP contribution in [-0.4, -0.2) is 11.0 Å². The molecule has 2 N–H and O–H groups in total. The van der Waals surface area contributed by atoms with Gasteiger partial charge in [-0.1, -0.05) is 24.3 Å². The van der Waals surface area contributed by atoms with Crippen LogP contribution in [0.25, 0.3) is 0 Å². The van der Waals surface area contributed by atoms with Crippen molar-refractivity contribution < 1.29 is 14.3 Å². The Kier molecular flexibility index (Phi) is 4.87. The molecule has 0 saturated carbocycles. The van der Waals surface area contributed by atoms with Gasteiger partial charge in [0.1, 0.15) is 5.82 Å². The fourth-order valence-corrected chi connectivity index (χ4v) is 1.93. The molecular formula is C15H13BrFNO2. The zero-order chi connectivity index (χ0) is 14.5. The lowest BCUT2D eigenvalue weighted by atomic mass is 10.1. The largest absolute Gasteiger partial charge is 0.392 e. The molecule has 0 bridgehead atoms. The highest BCUT2D eigenvalue weighted by molar-refractivity contribution is 9.10. The van der Waals surface area contributed by atoms with Crippen LogP contribution in [0.2, 0.25) is 0 Å². The van der Waals surface area contributed by atoms with E-state index < -0.39 is 5.82 Å². The number of halogens is 2. The van der Waals surface area contributed by atoms with E-state index in [1.807, 2.05) is 12.1 Å². The van der Waals surface area contributed by atoms with Gasteiger partial charge >= 0.3 is 0 Å². The average Bonchev–Trinajstić information content (AvgIpc) is 2.48. The molecule has 20 heavy (non-hydrogen) atoms. The molecule has 2 aromatic carbocycles. The third kappa shape index (κ3) is 3.65. The average molecular weight is 338 g/mol. The summed E-state index contributed by atoms with van der Waals surface area (Å²) < 4.78 is 13.7. The summed E-state index contributed by atoms with van der Waals surface area (Å²) in [5, 5.41) is 11.7. The van der Waals surface area contributed by atoms with Crippen molar-refractivity contribution >= 4 is 21.8 Å². The Morgan fingerprint density at radius 2 is 1.80 bits per heavy atom. The predicted molar refractivity (Wildman–Crippen MR) is 77.6 cm³/mol. The minimum Gasteiger partial charge on any atom is -0.392 e. The number of hydrogen-bond donors (Lipinski definition) is 2. The lowest BCUT2D eigenvalue weighted by Crippen LogP contribution is -2.22. The Hall–Kier alpha value is -1.72. The van der Waals surface area contributed by atoms with Crippen LogP contribution in [-0.2, 0) is 13.2 Å². The second-order valence-corrected chi connectivity index (χ2v) is 5.14. The van der Waals surface area contributed by atoms with Crippen molar-refractivity contribution in [3.63, 3.8) is 0 Å². The maximum atomic E-state index is 13.3. The number of carbonyl (C=O) groups is 1. The van der Waals surface area contributed by atoms with E-state index in [1.165, 1.54) is 12.1 Å². The summed E-state index contributed by atoms with van der Waals surface area (Å²) in [5.41, 5.74) is 2.00. The molecule has 0 aromatic heterocycles. The monoisotopic (exact) mass is 337 g/mol. The number of benzene rings is 2. The van der Waals surface area contributed by atoms with Crippen molar-refractivity contribution in [3.05, 3.63) is 69.4 Å². The molecule has 0 radical (unpaired) electrons. The van der Waals surface area contributed by atoms with Crippen LogP contribution in [0.15, 0.2) is 46.9 Å². The molecule has 0 saturated heterocycles. The number of aliphatic hydroxyl groups excluding tert-OH is 1. The smallest absolute Gasteiger partial charge is 0.251 e. The summed E-state index contributed by atoms with van der Waals surface area (Å²) in [7, 11) is 0. The maximum absolute atomic E-state index is 13.3. The van der Waals surface area contributed by atoms with Gasteiger partial charge in [-0.3, -0.25) is 4.79 Å². The zero-order valence-corrected chi connectivity index (χ0v) is 12.2. The van der Waals surface area contributed by atoms with Crippen LogP contribution in [0.1, 0.15) is 21.5 Å². The third-order valence-electron chi connectivity index (χ3n) is 2.84. The first-order chi connectivity index (χ1) is 9.60. The molecule has 0 aliphatic heterocycles. The summed E-state index contributed by atoms with van der Waals surface area (Å²) in [5.74, 6) is -0.799. The SMILES string of the molecule is O=C(NCc1ccc(CO)cc1)c1ccc(Br)c(F)c1. The number of amides is 1. The van der Waals surface area contributed by atoms with Gasteiger partial charge in [-0.15, -0.1) is 0 Å². The normalized spacial score (nSPS) is 10.3. The van der Waals surface area contributed by atoms with Gasteiger partial charge in [0.15, 0.2) is 0 Å². The standard InChI is InChI=1S/C15H13BrFNO2/c16-13-6-5-12(7-14(13)17)15(20)18-8-10-1-3-11(9-19)4-2-10/h1-7,19H,8-9H2,(H,18,20). The summed E-state index contributed by atoms with van der Waals surface area (Å²) >= 11 is 3.04. The lowest BCUT2D eigenvalue weighted by Gasteiger charge is -2.06. The molecule has 0 spiro atoms. The van der Waals surface area contributed by atoms with E-state index in [-0.39, 0.29) is 18.1 Å². The lowest BCUT2D eigenvalue weighted by molar-refractivity contribution is 0.0950. The fraction of sp³-hybridized carbons (Fsp3) is 0.133. The first-order valence-corrected chi connectivity index (χ1v) is 6.81. The maximum Gasteiger partial charge on any atom is 0.251 e. The van der Waals surface area contributed by atoms with Crippen molar-refractivity contribution in [1.29, 1.82) is 0 Å². The molecule has 0 atom stereocenters. The van der Waals surface area contributed by atoms with Gasteiger partial charge in [0, 0.05) is 12.1 Å². The highest BCUT2D eigenvalue weighted by Gasteiger charge is 2.08. The zero-order valence-electron chi connectivity index (χ0n) is 10.6. The highest BCUT2D eigenvalue weighted by atomic mass is 79.9. The molecular weight excluding hydrogens is 325 g/mol. The molecule has 1 amide bonds. The number of hydrogen-bond acceptors (Lipinski definition) is 2. The topological polar surface area (TPSA) is 49.3 Å². The van der Waals surface area contributed by atoms with Crippen LogP contribution in [0.3, 0.4) is 0 Å². The van der Waals surface area contributed by atoms with Crippen molar-refractivity contribution in [2.45, 2.75) is 13.2 Å². The first-order valence-electron chi connectivity index (χ1n) is 6.02. The molecule has 0 heterocycles. The van der Waals surface area contributed by atoms with E-state index in [1.54, 1.807) is 18.2 Å². The Labute approximate surface area is 124 Å². The number of carbonyl (C=O) groups excluding carboxylic acids is 1. The van der Waals surface area contributed by atoms with E-state index in [4.69, 9.17) is 5.11 Å².